The van der Waals surface area contributed by atoms with Crippen LogP contribution >= 0.6 is 11.6 Å². The van der Waals surface area contributed by atoms with Crippen LogP contribution in [-0.4, -0.2) is 49.2 Å². The standard InChI is InChI=1S/C16H20ClNO6/c1-9-6-12(17)4-5-13(9)24-16(19)18(7-14-20-10(2)21-14)8-15-22-11(3)23-15/h4-6,10-11,14-15H,7-8H2,1-3H3. The summed E-state index contributed by atoms with van der Waals surface area (Å²) in [6.07, 6.45) is -2.00. The molecule has 0 unspecified atom stereocenters. The Hall–Kier alpha value is -1.38. The Morgan fingerprint density at radius 1 is 1.12 bits per heavy atom. The molecule has 0 bridgehead atoms. The molecular weight excluding hydrogens is 338 g/mol. The van der Waals surface area contributed by atoms with Gasteiger partial charge >= 0.3 is 6.09 Å². The first-order chi connectivity index (χ1) is 11.4. The normalized spacial score (nSPS) is 28.7. The molecule has 0 atom stereocenters. The molecule has 2 saturated heterocycles. The summed E-state index contributed by atoms with van der Waals surface area (Å²) in [7, 11) is 0. The van der Waals surface area contributed by atoms with E-state index in [4.69, 9.17) is 35.3 Å². The van der Waals surface area contributed by atoms with Gasteiger partial charge in [-0.05, 0) is 44.5 Å². The van der Waals surface area contributed by atoms with E-state index in [-0.39, 0.29) is 25.7 Å². The Bertz CT molecular complexity index is 580. The van der Waals surface area contributed by atoms with Gasteiger partial charge in [-0.15, -0.1) is 0 Å². The molecule has 0 spiro atoms. The average Bonchev–Trinajstić information content (AvgIpc) is 2.45. The molecule has 1 aromatic carbocycles. The second-order valence-corrected chi connectivity index (χ2v) is 6.16. The zero-order chi connectivity index (χ0) is 17.3. The van der Waals surface area contributed by atoms with Crippen LogP contribution < -0.4 is 4.74 Å². The second kappa shape index (κ2) is 7.25. The maximum Gasteiger partial charge on any atom is 0.415 e. The van der Waals surface area contributed by atoms with Gasteiger partial charge in [0.1, 0.15) is 5.75 Å². The number of nitrogens with zero attached hydrogens (tertiary/aromatic N) is 1. The van der Waals surface area contributed by atoms with Crippen molar-refractivity contribution in [3.63, 3.8) is 0 Å². The van der Waals surface area contributed by atoms with E-state index in [1.807, 2.05) is 6.92 Å². The highest BCUT2D eigenvalue weighted by atomic mass is 35.5. The molecule has 1 amide bonds. The van der Waals surface area contributed by atoms with Crippen molar-refractivity contribution in [3.05, 3.63) is 28.8 Å². The molecule has 0 aromatic heterocycles. The molecule has 8 heteroatoms. The van der Waals surface area contributed by atoms with Crippen LogP contribution in [0.2, 0.25) is 5.02 Å². The molecule has 132 valence electrons. The van der Waals surface area contributed by atoms with E-state index >= 15 is 0 Å². The number of rotatable bonds is 5. The minimum Gasteiger partial charge on any atom is -0.410 e. The van der Waals surface area contributed by atoms with Crippen molar-refractivity contribution in [1.82, 2.24) is 4.90 Å². The number of halogens is 1. The fourth-order valence-electron chi connectivity index (χ4n) is 2.52. The van der Waals surface area contributed by atoms with E-state index in [0.29, 0.717) is 10.8 Å². The van der Waals surface area contributed by atoms with Crippen molar-refractivity contribution in [2.75, 3.05) is 13.1 Å². The zero-order valence-corrected chi connectivity index (χ0v) is 14.5. The Morgan fingerprint density at radius 3 is 2.12 bits per heavy atom. The second-order valence-electron chi connectivity index (χ2n) is 5.72. The number of hydrogen-bond donors (Lipinski definition) is 0. The topological polar surface area (TPSA) is 66.5 Å². The molecular formula is C16H20ClNO6. The van der Waals surface area contributed by atoms with Crippen LogP contribution in [0.3, 0.4) is 0 Å². The van der Waals surface area contributed by atoms with Crippen LogP contribution in [0.5, 0.6) is 5.75 Å². The van der Waals surface area contributed by atoms with Crippen LogP contribution in [-0.2, 0) is 18.9 Å². The first kappa shape index (κ1) is 17.4. The summed E-state index contributed by atoms with van der Waals surface area (Å²) in [4.78, 5) is 14.0. The third-order valence-corrected chi connectivity index (χ3v) is 3.94. The molecule has 24 heavy (non-hydrogen) atoms. The number of carbonyl (C=O) groups is 1. The van der Waals surface area contributed by atoms with E-state index in [1.165, 1.54) is 4.90 Å². The largest absolute Gasteiger partial charge is 0.415 e. The lowest BCUT2D eigenvalue weighted by Crippen LogP contribution is -2.54. The van der Waals surface area contributed by atoms with Crippen LogP contribution in [0, 0.1) is 6.92 Å². The summed E-state index contributed by atoms with van der Waals surface area (Å²) < 4.78 is 27.0. The highest BCUT2D eigenvalue weighted by Gasteiger charge is 2.35. The third-order valence-electron chi connectivity index (χ3n) is 3.71. The van der Waals surface area contributed by atoms with Gasteiger partial charge in [-0.3, -0.25) is 4.90 Å². The lowest BCUT2D eigenvalue weighted by Gasteiger charge is -2.40. The molecule has 2 fully saturated rings. The van der Waals surface area contributed by atoms with Gasteiger partial charge in [0.05, 0.1) is 13.1 Å². The molecule has 1 aromatic rings. The SMILES string of the molecule is Cc1cc(Cl)ccc1OC(=O)N(CC1OC(C)O1)CC1OC(C)O1. The van der Waals surface area contributed by atoms with Crippen molar-refractivity contribution in [3.8, 4) is 5.75 Å². The maximum atomic E-state index is 12.5. The molecule has 0 radical (unpaired) electrons. The summed E-state index contributed by atoms with van der Waals surface area (Å²) in [5, 5.41) is 0.583. The minimum atomic E-state index is -0.529. The molecule has 2 heterocycles. The Kier molecular flexibility index (Phi) is 5.27. The van der Waals surface area contributed by atoms with Crippen LogP contribution in [0.4, 0.5) is 4.79 Å². The van der Waals surface area contributed by atoms with Crippen LogP contribution in [0.1, 0.15) is 19.4 Å². The van der Waals surface area contributed by atoms with E-state index in [1.54, 1.807) is 32.0 Å². The van der Waals surface area contributed by atoms with Crippen molar-refractivity contribution in [2.24, 2.45) is 0 Å². The monoisotopic (exact) mass is 357 g/mol. The first-order valence-corrected chi connectivity index (χ1v) is 8.13. The lowest BCUT2D eigenvalue weighted by molar-refractivity contribution is -0.388. The predicted molar refractivity (Wildman–Crippen MR) is 84.6 cm³/mol. The van der Waals surface area contributed by atoms with Crippen molar-refractivity contribution >= 4 is 17.7 Å². The lowest BCUT2D eigenvalue weighted by atomic mass is 10.2. The van der Waals surface area contributed by atoms with E-state index in [2.05, 4.69) is 0 Å². The number of carbonyl (C=O) groups excluding carboxylic acids is 1. The van der Waals surface area contributed by atoms with Crippen molar-refractivity contribution in [2.45, 2.75) is 45.9 Å². The molecule has 2 aliphatic rings. The van der Waals surface area contributed by atoms with Gasteiger partial charge in [-0.2, -0.15) is 0 Å². The number of ether oxygens (including phenoxy) is 5. The van der Waals surface area contributed by atoms with Crippen molar-refractivity contribution in [1.29, 1.82) is 0 Å². The van der Waals surface area contributed by atoms with Gasteiger partial charge in [0.15, 0.2) is 25.2 Å². The molecule has 3 rings (SSSR count). The van der Waals surface area contributed by atoms with Gasteiger partial charge in [-0.25, -0.2) is 4.79 Å². The summed E-state index contributed by atoms with van der Waals surface area (Å²) in [5.74, 6) is 0.446. The first-order valence-electron chi connectivity index (χ1n) is 7.75. The summed E-state index contributed by atoms with van der Waals surface area (Å²) >= 11 is 5.92. The van der Waals surface area contributed by atoms with Gasteiger partial charge < -0.3 is 23.7 Å². The molecule has 0 aliphatic carbocycles. The molecule has 0 saturated carbocycles. The summed E-state index contributed by atoms with van der Waals surface area (Å²) in [6.45, 7) is 5.85. The average molecular weight is 358 g/mol. The minimum absolute atomic E-state index is 0.230. The number of amides is 1. The third kappa shape index (κ3) is 4.17. The molecule has 7 nitrogen and oxygen atoms in total. The summed E-state index contributed by atoms with van der Waals surface area (Å²) in [5.41, 5.74) is 0.769. The highest BCUT2D eigenvalue weighted by Crippen LogP contribution is 2.24. The zero-order valence-electron chi connectivity index (χ0n) is 13.7. The van der Waals surface area contributed by atoms with E-state index < -0.39 is 18.7 Å². The van der Waals surface area contributed by atoms with Crippen molar-refractivity contribution < 1.29 is 28.5 Å². The Morgan fingerprint density at radius 2 is 1.67 bits per heavy atom. The number of benzene rings is 1. The van der Waals surface area contributed by atoms with E-state index in [9.17, 15) is 4.79 Å². The van der Waals surface area contributed by atoms with Gasteiger partial charge in [0, 0.05) is 5.02 Å². The smallest absolute Gasteiger partial charge is 0.410 e. The summed E-state index contributed by atoms with van der Waals surface area (Å²) in [6, 6.07) is 5.06. The maximum absolute atomic E-state index is 12.5. The highest BCUT2D eigenvalue weighted by molar-refractivity contribution is 6.30. The Labute approximate surface area is 145 Å². The fourth-order valence-corrected chi connectivity index (χ4v) is 2.74. The van der Waals surface area contributed by atoms with E-state index in [0.717, 1.165) is 5.56 Å². The number of aryl methyl sites for hydroxylation is 1. The Balaban J connectivity index is 1.62. The number of hydrogen-bond acceptors (Lipinski definition) is 6. The quantitative estimate of drug-likeness (QED) is 0.807. The molecule has 2 aliphatic heterocycles. The van der Waals surface area contributed by atoms with Crippen LogP contribution in [0.15, 0.2) is 18.2 Å². The predicted octanol–water partition coefficient (Wildman–Crippen LogP) is 2.89. The molecule has 0 N–H and O–H groups in total. The van der Waals surface area contributed by atoms with Gasteiger partial charge in [0.2, 0.25) is 0 Å². The fraction of sp³-hybridized carbons (Fsp3) is 0.562. The van der Waals surface area contributed by atoms with Gasteiger partial charge in [-0.1, -0.05) is 11.6 Å². The van der Waals surface area contributed by atoms with Crippen LogP contribution in [0.25, 0.3) is 0 Å². The van der Waals surface area contributed by atoms with Gasteiger partial charge in [0.25, 0.3) is 0 Å².